The number of nitrogens with one attached hydrogen (secondary N) is 1. The SMILES string of the molecule is O=c1[nH]nc(C2CCC(O)CC2)c2ccccc12. The van der Waals surface area contributed by atoms with Crippen LogP contribution in [0.4, 0.5) is 0 Å². The van der Waals surface area contributed by atoms with Gasteiger partial charge in [-0.3, -0.25) is 4.79 Å². The molecule has 1 aliphatic carbocycles. The number of aromatic nitrogens is 2. The number of aliphatic hydroxyl groups excluding tert-OH is 1. The Bertz CT molecular complexity index is 612. The quantitative estimate of drug-likeness (QED) is 0.805. The highest BCUT2D eigenvalue weighted by Crippen LogP contribution is 2.34. The third kappa shape index (κ3) is 1.93. The van der Waals surface area contributed by atoms with Crippen molar-refractivity contribution in [3.63, 3.8) is 0 Å². The largest absolute Gasteiger partial charge is 0.393 e. The van der Waals surface area contributed by atoms with Gasteiger partial charge < -0.3 is 5.11 Å². The summed E-state index contributed by atoms with van der Waals surface area (Å²) >= 11 is 0. The molecule has 2 N–H and O–H groups in total. The average molecular weight is 244 g/mol. The lowest BCUT2D eigenvalue weighted by atomic mass is 9.84. The van der Waals surface area contributed by atoms with Crippen molar-refractivity contribution >= 4 is 10.8 Å². The first-order valence-electron chi connectivity index (χ1n) is 6.41. The summed E-state index contributed by atoms with van der Waals surface area (Å²) in [5.74, 6) is 0.343. The van der Waals surface area contributed by atoms with E-state index in [1.54, 1.807) is 0 Å². The van der Waals surface area contributed by atoms with Crippen molar-refractivity contribution in [1.82, 2.24) is 10.2 Å². The van der Waals surface area contributed by atoms with Crippen molar-refractivity contribution in [2.75, 3.05) is 0 Å². The summed E-state index contributed by atoms with van der Waals surface area (Å²) in [6.45, 7) is 0. The summed E-state index contributed by atoms with van der Waals surface area (Å²) in [5.41, 5.74) is 0.835. The minimum Gasteiger partial charge on any atom is -0.393 e. The monoisotopic (exact) mass is 244 g/mol. The van der Waals surface area contributed by atoms with E-state index in [4.69, 9.17) is 0 Å². The van der Waals surface area contributed by atoms with E-state index < -0.39 is 0 Å². The summed E-state index contributed by atoms with van der Waals surface area (Å²) in [4.78, 5) is 11.7. The van der Waals surface area contributed by atoms with Crippen LogP contribution in [0.1, 0.15) is 37.3 Å². The zero-order chi connectivity index (χ0) is 12.5. The van der Waals surface area contributed by atoms with Crippen LogP contribution >= 0.6 is 0 Å². The lowest BCUT2D eigenvalue weighted by Crippen LogP contribution is -2.20. The van der Waals surface area contributed by atoms with Crippen molar-refractivity contribution in [3.05, 3.63) is 40.3 Å². The number of benzene rings is 1. The van der Waals surface area contributed by atoms with Gasteiger partial charge in [-0.2, -0.15) is 5.10 Å². The molecule has 0 unspecified atom stereocenters. The molecule has 2 aromatic rings. The first kappa shape index (κ1) is 11.4. The summed E-state index contributed by atoms with van der Waals surface area (Å²) in [5, 5.41) is 18.0. The maximum atomic E-state index is 11.7. The van der Waals surface area contributed by atoms with Crippen molar-refractivity contribution in [2.45, 2.75) is 37.7 Å². The third-order valence-corrected chi connectivity index (χ3v) is 3.81. The number of aliphatic hydroxyl groups is 1. The number of H-pyrrole nitrogens is 1. The molecule has 1 aliphatic rings. The van der Waals surface area contributed by atoms with Crippen LogP contribution in [0.3, 0.4) is 0 Å². The smallest absolute Gasteiger partial charge is 0.272 e. The molecular formula is C14H16N2O2. The van der Waals surface area contributed by atoms with E-state index in [-0.39, 0.29) is 11.7 Å². The summed E-state index contributed by atoms with van der Waals surface area (Å²) in [6, 6.07) is 7.59. The minimum atomic E-state index is -0.171. The van der Waals surface area contributed by atoms with Crippen LogP contribution < -0.4 is 5.56 Å². The molecule has 3 rings (SSSR count). The Labute approximate surface area is 105 Å². The van der Waals surface area contributed by atoms with Crippen LogP contribution in [0.2, 0.25) is 0 Å². The molecule has 1 saturated carbocycles. The van der Waals surface area contributed by atoms with Gasteiger partial charge in [-0.1, -0.05) is 18.2 Å². The van der Waals surface area contributed by atoms with E-state index in [9.17, 15) is 9.90 Å². The van der Waals surface area contributed by atoms with Crippen molar-refractivity contribution in [2.24, 2.45) is 0 Å². The number of hydrogen-bond donors (Lipinski definition) is 2. The molecule has 0 saturated heterocycles. The first-order valence-corrected chi connectivity index (χ1v) is 6.41. The number of rotatable bonds is 1. The molecule has 0 bridgehead atoms. The highest BCUT2D eigenvalue weighted by Gasteiger charge is 2.23. The van der Waals surface area contributed by atoms with Crippen molar-refractivity contribution in [3.8, 4) is 0 Å². The second-order valence-corrected chi connectivity index (χ2v) is 4.99. The molecule has 0 aliphatic heterocycles. The fraction of sp³-hybridized carbons (Fsp3) is 0.429. The molecule has 0 amide bonds. The van der Waals surface area contributed by atoms with E-state index in [1.807, 2.05) is 24.3 Å². The summed E-state index contributed by atoms with van der Waals surface area (Å²) in [7, 11) is 0. The number of fused-ring (bicyclic) bond motifs is 1. The molecule has 1 fully saturated rings. The Morgan fingerprint density at radius 1 is 1.11 bits per heavy atom. The van der Waals surface area contributed by atoms with Crippen LogP contribution in [-0.2, 0) is 0 Å². The van der Waals surface area contributed by atoms with Gasteiger partial charge in [0.25, 0.3) is 5.56 Å². The molecule has 1 aromatic heterocycles. The van der Waals surface area contributed by atoms with Gasteiger partial charge in [-0.05, 0) is 31.7 Å². The molecule has 1 heterocycles. The molecule has 18 heavy (non-hydrogen) atoms. The molecule has 0 atom stereocenters. The Kier molecular flexibility index (Phi) is 2.88. The average Bonchev–Trinajstić information content (AvgIpc) is 2.41. The maximum absolute atomic E-state index is 11.7. The van der Waals surface area contributed by atoms with Crippen LogP contribution in [0.25, 0.3) is 10.8 Å². The molecule has 94 valence electrons. The molecule has 0 radical (unpaired) electrons. The van der Waals surface area contributed by atoms with Crippen LogP contribution in [-0.4, -0.2) is 21.4 Å². The van der Waals surface area contributed by atoms with E-state index in [1.165, 1.54) is 0 Å². The zero-order valence-electron chi connectivity index (χ0n) is 10.1. The summed E-state index contributed by atoms with van der Waals surface area (Å²) in [6.07, 6.45) is 3.34. The maximum Gasteiger partial charge on any atom is 0.272 e. The van der Waals surface area contributed by atoms with Gasteiger partial charge >= 0.3 is 0 Å². The Hall–Kier alpha value is -1.68. The predicted molar refractivity (Wildman–Crippen MR) is 69.6 cm³/mol. The fourth-order valence-corrected chi connectivity index (χ4v) is 2.80. The predicted octanol–water partition coefficient (Wildman–Crippen LogP) is 1.94. The third-order valence-electron chi connectivity index (χ3n) is 3.81. The van der Waals surface area contributed by atoms with Crippen LogP contribution in [0.5, 0.6) is 0 Å². The minimum absolute atomic E-state index is 0.134. The number of hydrogen-bond acceptors (Lipinski definition) is 3. The normalized spacial score (nSPS) is 24.3. The Balaban J connectivity index is 2.07. The molecule has 1 aromatic carbocycles. The van der Waals surface area contributed by atoms with Crippen molar-refractivity contribution in [1.29, 1.82) is 0 Å². The lowest BCUT2D eigenvalue weighted by Gasteiger charge is -2.25. The Morgan fingerprint density at radius 3 is 2.50 bits per heavy atom. The Morgan fingerprint density at radius 2 is 1.78 bits per heavy atom. The molecular weight excluding hydrogens is 228 g/mol. The number of aromatic amines is 1. The van der Waals surface area contributed by atoms with E-state index in [0.717, 1.165) is 36.8 Å². The second kappa shape index (κ2) is 4.53. The van der Waals surface area contributed by atoms with Gasteiger partial charge in [-0.25, -0.2) is 5.10 Å². The highest BCUT2D eigenvalue weighted by atomic mass is 16.3. The van der Waals surface area contributed by atoms with E-state index in [2.05, 4.69) is 10.2 Å². The van der Waals surface area contributed by atoms with Gasteiger partial charge in [0, 0.05) is 11.3 Å². The molecule has 0 spiro atoms. The van der Waals surface area contributed by atoms with Crippen LogP contribution in [0.15, 0.2) is 29.1 Å². The van der Waals surface area contributed by atoms with E-state index >= 15 is 0 Å². The van der Waals surface area contributed by atoms with Crippen molar-refractivity contribution < 1.29 is 5.11 Å². The number of nitrogens with zero attached hydrogens (tertiary/aromatic N) is 1. The van der Waals surface area contributed by atoms with Gasteiger partial charge in [0.1, 0.15) is 0 Å². The van der Waals surface area contributed by atoms with Gasteiger partial charge in [0.05, 0.1) is 17.2 Å². The zero-order valence-corrected chi connectivity index (χ0v) is 10.1. The second-order valence-electron chi connectivity index (χ2n) is 4.99. The topological polar surface area (TPSA) is 66.0 Å². The fourth-order valence-electron chi connectivity index (χ4n) is 2.80. The lowest BCUT2D eigenvalue weighted by molar-refractivity contribution is 0.122. The van der Waals surface area contributed by atoms with Gasteiger partial charge in [0.2, 0.25) is 0 Å². The van der Waals surface area contributed by atoms with Gasteiger partial charge in [0.15, 0.2) is 0 Å². The van der Waals surface area contributed by atoms with E-state index in [0.29, 0.717) is 11.3 Å². The highest BCUT2D eigenvalue weighted by molar-refractivity contribution is 5.83. The molecule has 4 heteroatoms. The standard InChI is InChI=1S/C14H16N2O2/c17-10-7-5-9(6-8-10)13-11-3-1-2-4-12(11)14(18)16-15-13/h1-4,9-10,17H,5-8H2,(H,16,18). The summed E-state index contributed by atoms with van der Waals surface area (Å²) < 4.78 is 0. The molecule has 4 nitrogen and oxygen atoms in total. The van der Waals surface area contributed by atoms with Gasteiger partial charge in [-0.15, -0.1) is 0 Å². The first-order chi connectivity index (χ1) is 8.75. The van der Waals surface area contributed by atoms with Crippen LogP contribution in [0, 0.1) is 0 Å².